The summed E-state index contributed by atoms with van der Waals surface area (Å²) in [6, 6.07) is -2.49. The molecule has 2 aliphatic rings. The van der Waals surface area contributed by atoms with Crippen molar-refractivity contribution in [2.24, 2.45) is 5.73 Å². The van der Waals surface area contributed by atoms with Gasteiger partial charge in [-0.25, -0.2) is 0 Å². The molecule has 0 aromatic rings. The molecule has 0 radical (unpaired) electrons. The van der Waals surface area contributed by atoms with Gasteiger partial charge in [0.1, 0.15) is 50.3 Å². The SMILES string of the molecule is CC(=O)N[C@@H]1[C@@H](OCCCN)O[C@H](COP(=O)([O-])C[C@H]2O[C@H](CO)[C@@H](O)[C@H](O)[C@@H]2NC(C)=O)[C@@H](O)[C@@H]1O.[Na+]. The van der Waals surface area contributed by atoms with Crippen molar-refractivity contribution in [3.63, 3.8) is 0 Å². The van der Waals surface area contributed by atoms with Crippen LogP contribution in [0.25, 0.3) is 0 Å². The second kappa shape index (κ2) is 16.2. The predicted octanol–water partition coefficient (Wildman–Crippen LogP) is -8.14. The van der Waals surface area contributed by atoms with Crippen molar-refractivity contribution in [3.8, 4) is 0 Å². The van der Waals surface area contributed by atoms with Gasteiger partial charge >= 0.3 is 29.6 Å². The van der Waals surface area contributed by atoms with E-state index in [-0.39, 0.29) is 36.2 Å². The van der Waals surface area contributed by atoms with Crippen LogP contribution in [0.4, 0.5) is 0 Å². The van der Waals surface area contributed by atoms with Crippen LogP contribution in [0.5, 0.6) is 0 Å². The Kier molecular flexibility index (Phi) is 15.3. The summed E-state index contributed by atoms with van der Waals surface area (Å²) >= 11 is 0. The molecule has 38 heavy (non-hydrogen) atoms. The Morgan fingerprint density at radius 3 is 2.05 bits per heavy atom. The van der Waals surface area contributed by atoms with Crippen molar-refractivity contribution in [3.05, 3.63) is 0 Å². The molecule has 2 fully saturated rings. The Bertz CT molecular complexity index is 814. The van der Waals surface area contributed by atoms with Gasteiger partial charge in [-0.3, -0.25) is 9.59 Å². The Morgan fingerprint density at radius 2 is 1.50 bits per heavy atom. The molecule has 2 saturated heterocycles. The number of ether oxygens (including phenoxy) is 3. The molecule has 0 aromatic heterocycles. The largest absolute Gasteiger partial charge is 1.00 e. The van der Waals surface area contributed by atoms with Gasteiger partial charge in [0.2, 0.25) is 11.8 Å². The zero-order chi connectivity index (χ0) is 27.9. The van der Waals surface area contributed by atoms with Gasteiger partial charge in [0.05, 0.1) is 32.0 Å². The number of nitrogens with one attached hydrogen (secondary N) is 2. The molecule has 2 amide bonds. The van der Waals surface area contributed by atoms with E-state index in [9.17, 15) is 44.6 Å². The van der Waals surface area contributed by atoms with Crippen molar-refractivity contribution >= 4 is 19.4 Å². The van der Waals surface area contributed by atoms with E-state index in [4.69, 9.17) is 24.5 Å². The molecule has 0 aromatic carbocycles. The number of amides is 2. The van der Waals surface area contributed by atoms with E-state index in [2.05, 4.69) is 10.6 Å². The number of carbonyl (C=O) groups is 2. The molecule has 16 nitrogen and oxygen atoms in total. The summed E-state index contributed by atoms with van der Waals surface area (Å²) in [4.78, 5) is 35.8. The first-order valence-electron chi connectivity index (χ1n) is 11.8. The van der Waals surface area contributed by atoms with E-state index >= 15 is 0 Å². The normalized spacial score (nSPS) is 37.0. The summed E-state index contributed by atoms with van der Waals surface area (Å²) in [5, 5.41) is 55.5. The van der Waals surface area contributed by atoms with Crippen LogP contribution in [-0.2, 0) is 32.9 Å². The Labute approximate surface area is 242 Å². The minimum atomic E-state index is -4.82. The maximum Gasteiger partial charge on any atom is 1.00 e. The van der Waals surface area contributed by atoms with Gasteiger partial charge in [-0.2, -0.15) is 0 Å². The van der Waals surface area contributed by atoms with E-state index in [0.29, 0.717) is 13.0 Å². The van der Waals surface area contributed by atoms with Crippen molar-refractivity contribution in [1.82, 2.24) is 10.6 Å². The average Bonchev–Trinajstić information content (AvgIpc) is 2.81. The third-order valence-corrected chi connectivity index (χ3v) is 7.29. The summed E-state index contributed by atoms with van der Waals surface area (Å²) in [5.74, 6) is -1.16. The van der Waals surface area contributed by atoms with E-state index in [1.54, 1.807) is 0 Å². The Morgan fingerprint density at radius 1 is 0.947 bits per heavy atom. The molecule has 216 valence electrons. The third-order valence-electron chi connectivity index (χ3n) is 5.94. The smallest absolute Gasteiger partial charge is 0.778 e. The van der Waals surface area contributed by atoms with E-state index in [1.807, 2.05) is 0 Å². The summed E-state index contributed by atoms with van der Waals surface area (Å²) in [7, 11) is -4.82. The van der Waals surface area contributed by atoms with Gasteiger partial charge in [-0.1, -0.05) is 0 Å². The molecule has 2 rings (SSSR count). The van der Waals surface area contributed by atoms with Crippen molar-refractivity contribution < 1.29 is 92.9 Å². The number of aliphatic hydroxyl groups excluding tert-OH is 5. The summed E-state index contributed by atoms with van der Waals surface area (Å²) in [6.45, 7) is 1.21. The number of hydrogen-bond donors (Lipinski definition) is 8. The minimum absolute atomic E-state index is 0. The number of aliphatic hydroxyl groups is 5. The first kappa shape index (κ1) is 35.8. The van der Waals surface area contributed by atoms with E-state index in [1.165, 1.54) is 6.92 Å². The van der Waals surface area contributed by atoms with Crippen LogP contribution in [0.3, 0.4) is 0 Å². The molecule has 1 unspecified atom stereocenters. The average molecular weight is 581 g/mol. The minimum Gasteiger partial charge on any atom is -0.778 e. The van der Waals surface area contributed by atoms with Crippen LogP contribution in [0.15, 0.2) is 0 Å². The Balaban J connectivity index is 0.00000722. The number of carbonyl (C=O) groups excluding carboxylic acids is 2. The molecule has 0 bridgehead atoms. The Hall–Kier alpha value is -0.270. The summed E-state index contributed by atoms with van der Waals surface area (Å²) < 4.78 is 34.3. The zero-order valence-corrected chi connectivity index (χ0v) is 24.4. The van der Waals surface area contributed by atoms with Crippen molar-refractivity contribution in [2.75, 3.05) is 32.5 Å². The molecular weight excluding hydrogens is 544 g/mol. The molecule has 0 saturated carbocycles. The fourth-order valence-corrected chi connectivity index (χ4v) is 5.34. The van der Waals surface area contributed by atoms with E-state index in [0.717, 1.165) is 6.92 Å². The van der Waals surface area contributed by atoms with Gasteiger partial charge in [0, 0.05) is 20.0 Å². The molecular formula is C20H37N3NaO13P. The maximum atomic E-state index is 12.8. The van der Waals surface area contributed by atoms with Crippen LogP contribution in [0, 0.1) is 0 Å². The van der Waals surface area contributed by atoms with Gasteiger partial charge in [0.25, 0.3) is 0 Å². The molecule has 2 aliphatic heterocycles. The molecule has 11 atom stereocenters. The first-order chi connectivity index (χ1) is 17.3. The maximum absolute atomic E-state index is 12.8. The number of hydrogen-bond acceptors (Lipinski definition) is 14. The molecule has 0 aliphatic carbocycles. The fraction of sp³-hybridized carbons (Fsp3) is 0.900. The fourth-order valence-electron chi connectivity index (χ4n) is 4.11. The molecule has 2 heterocycles. The summed E-state index contributed by atoms with van der Waals surface area (Å²) in [6.07, 6.45) is -12.3. The topological polar surface area (TPSA) is 262 Å². The van der Waals surface area contributed by atoms with Crippen molar-refractivity contribution in [1.29, 1.82) is 0 Å². The van der Waals surface area contributed by atoms with Crippen LogP contribution in [0.1, 0.15) is 20.3 Å². The predicted molar refractivity (Wildman–Crippen MR) is 122 cm³/mol. The van der Waals surface area contributed by atoms with Crippen molar-refractivity contribution in [2.45, 2.75) is 81.4 Å². The quantitative estimate of drug-likeness (QED) is 0.0605. The second-order valence-corrected chi connectivity index (χ2v) is 10.8. The standard InChI is InChI=1S/C20H38N3O13P.Na/c1-9(25)22-14-13(35-11(6-24)16(27)18(14)29)8-37(31,32)34-7-12-17(28)19(30)15(23-10(2)26)20(36-12)33-5-3-4-21;/h11-20,24,27-30H,3-8,21H2,1-2H3,(H,22,25)(H,23,26)(H,31,32);/q;+1/p-1/t11-,12-,13-,14-,15+,16-,17-,18-,19-,20+;/m1./s1. The molecule has 18 heteroatoms. The van der Waals surface area contributed by atoms with Gasteiger partial charge in [-0.05, 0) is 13.0 Å². The monoisotopic (exact) mass is 581 g/mol. The van der Waals surface area contributed by atoms with Gasteiger partial charge in [-0.15, -0.1) is 0 Å². The van der Waals surface area contributed by atoms with Crippen LogP contribution >= 0.6 is 7.60 Å². The van der Waals surface area contributed by atoms with Crippen LogP contribution in [-0.4, -0.2) is 131 Å². The number of rotatable bonds is 12. The first-order valence-corrected chi connectivity index (χ1v) is 13.5. The van der Waals surface area contributed by atoms with Gasteiger partial charge in [0.15, 0.2) is 6.29 Å². The van der Waals surface area contributed by atoms with E-state index < -0.39 is 99.9 Å². The third kappa shape index (κ3) is 9.98. The zero-order valence-electron chi connectivity index (χ0n) is 21.5. The second-order valence-electron chi connectivity index (χ2n) is 8.96. The van der Waals surface area contributed by atoms with Crippen LogP contribution < -0.4 is 50.8 Å². The summed E-state index contributed by atoms with van der Waals surface area (Å²) in [5.41, 5.74) is 5.44. The molecule has 9 N–H and O–H groups in total. The van der Waals surface area contributed by atoms with Gasteiger partial charge < -0.3 is 70.1 Å². The molecule has 0 spiro atoms. The van der Waals surface area contributed by atoms with Crippen LogP contribution in [0.2, 0.25) is 0 Å². The number of nitrogens with two attached hydrogens (primary N) is 1.